The molecule has 1 N–H and O–H groups in total. The van der Waals surface area contributed by atoms with Gasteiger partial charge >= 0.3 is 0 Å². The summed E-state index contributed by atoms with van der Waals surface area (Å²) in [4.78, 5) is 4.19. The maximum absolute atomic E-state index is 6.02. The van der Waals surface area contributed by atoms with Gasteiger partial charge < -0.3 is 9.84 Å². The third-order valence-corrected chi connectivity index (χ3v) is 4.04. The van der Waals surface area contributed by atoms with Crippen LogP contribution in [0.5, 0.6) is 0 Å². The van der Waals surface area contributed by atoms with Gasteiger partial charge in [-0.25, -0.2) is 0 Å². The molecular weight excluding hydrogens is 274 g/mol. The fraction of sp³-hybridized carbons (Fsp3) is 0.467. The van der Waals surface area contributed by atoms with E-state index in [4.69, 9.17) is 16.1 Å². The van der Waals surface area contributed by atoms with Crippen molar-refractivity contribution >= 4 is 11.6 Å². The summed E-state index contributed by atoms with van der Waals surface area (Å²) in [5.41, 5.74) is 1.35. The zero-order valence-electron chi connectivity index (χ0n) is 11.5. The highest BCUT2D eigenvalue weighted by molar-refractivity contribution is 6.30. The summed E-state index contributed by atoms with van der Waals surface area (Å²) in [6, 6.07) is 8.77. The second kappa shape index (κ2) is 5.94. The molecule has 1 saturated carbocycles. The molecular formula is C15H18ClN3O. The smallest absolute Gasteiger partial charge is 0.223 e. The van der Waals surface area contributed by atoms with Crippen molar-refractivity contribution in [2.24, 2.45) is 0 Å². The van der Waals surface area contributed by atoms with Crippen molar-refractivity contribution in [2.45, 2.75) is 38.1 Å². The summed E-state index contributed by atoms with van der Waals surface area (Å²) in [7, 11) is 0. The Labute approximate surface area is 123 Å². The number of halogens is 1. The Morgan fingerprint density at radius 1 is 1.40 bits per heavy atom. The van der Waals surface area contributed by atoms with Gasteiger partial charge in [-0.15, -0.1) is 0 Å². The highest BCUT2D eigenvalue weighted by Gasteiger charge is 2.29. The average molecular weight is 292 g/mol. The van der Waals surface area contributed by atoms with Gasteiger partial charge in [-0.05, 0) is 36.5 Å². The minimum atomic E-state index is 0.590. The van der Waals surface area contributed by atoms with Crippen molar-refractivity contribution in [2.75, 3.05) is 6.54 Å². The van der Waals surface area contributed by atoms with E-state index >= 15 is 0 Å². The van der Waals surface area contributed by atoms with Gasteiger partial charge in [-0.1, -0.05) is 28.9 Å². The summed E-state index contributed by atoms with van der Waals surface area (Å²) < 4.78 is 4.95. The van der Waals surface area contributed by atoms with Gasteiger partial charge in [0, 0.05) is 31.0 Å². The molecule has 5 heteroatoms. The standard InChI is InChI=1S/C15H18ClN3O/c1-10-18-15(19-20-10)5-6-17-14-8-12(9-14)11-3-2-4-13(16)7-11/h2-4,7,12,14,17H,5-6,8-9H2,1H3. The molecule has 3 rings (SSSR count). The summed E-state index contributed by atoms with van der Waals surface area (Å²) >= 11 is 6.02. The highest BCUT2D eigenvalue weighted by Crippen LogP contribution is 2.37. The van der Waals surface area contributed by atoms with E-state index in [1.54, 1.807) is 0 Å². The summed E-state index contributed by atoms with van der Waals surface area (Å²) in [6.45, 7) is 2.71. The van der Waals surface area contributed by atoms with Crippen LogP contribution in [0.15, 0.2) is 28.8 Å². The molecule has 0 spiro atoms. The molecule has 106 valence electrons. The number of hydrogen-bond acceptors (Lipinski definition) is 4. The first-order chi connectivity index (χ1) is 9.70. The molecule has 2 aromatic rings. The minimum absolute atomic E-state index is 0.590. The van der Waals surface area contributed by atoms with E-state index in [0.29, 0.717) is 17.9 Å². The van der Waals surface area contributed by atoms with E-state index < -0.39 is 0 Å². The van der Waals surface area contributed by atoms with Gasteiger partial charge in [0.25, 0.3) is 0 Å². The van der Waals surface area contributed by atoms with Crippen LogP contribution in [-0.2, 0) is 6.42 Å². The monoisotopic (exact) mass is 291 g/mol. The van der Waals surface area contributed by atoms with Gasteiger partial charge in [0.1, 0.15) is 0 Å². The largest absolute Gasteiger partial charge is 0.340 e. The van der Waals surface area contributed by atoms with Crippen molar-refractivity contribution < 1.29 is 4.52 Å². The quantitative estimate of drug-likeness (QED) is 0.919. The lowest BCUT2D eigenvalue weighted by Crippen LogP contribution is -2.41. The second-order valence-corrected chi connectivity index (χ2v) is 5.79. The molecule has 0 unspecified atom stereocenters. The summed E-state index contributed by atoms with van der Waals surface area (Å²) in [6.07, 6.45) is 3.16. The molecule has 0 atom stereocenters. The number of aromatic nitrogens is 2. The molecule has 1 aromatic carbocycles. The fourth-order valence-corrected chi connectivity index (χ4v) is 2.85. The Balaban J connectivity index is 1.40. The second-order valence-electron chi connectivity index (χ2n) is 5.35. The van der Waals surface area contributed by atoms with Crippen LogP contribution in [0.3, 0.4) is 0 Å². The van der Waals surface area contributed by atoms with E-state index in [9.17, 15) is 0 Å². The van der Waals surface area contributed by atoms with Gasteiger partial charge in [0.05, 0.1) is 0 Å². The third-order valence-electron chi connectivity index (χ3n) is 3.81. The van der Waals surface area contributed by atoms with Crippen LogP contribution in [0, 0.1) is 6.92 Å². The molecule has 0 saturated heterocycles. The van der Waals surface area contributed by atoms with Crippen LogP contribution in [0.1, 0.15) is 36.0 Å². The van der Waals surface area contributed by atoms with Crippen LogP contribution in [0.25, 0.3) is 0 Å². The molecule has 20 heavy (non-hydrogen) atoms. The Kier molecular flexibility index (Phi) is 4.03. The Bertz CT molecular complexity index is 578. The van der Waals surface area contributed by atoms with E-state index in [1.807, 2.05) is 19.1 Å². The molecule has 1 aliphatic rings. The number of aryl methyl sites for hydroxylation is 1. The van der Waals surface area contributed by atoms with Crippen LogP contribution in [-0.4, -0.2) is 22.7 Å². The lowest BCUT2D eigenvalue weighted by Gasteiger charge is -2.36. The SMILES string of the molecule is Cc1nc(CCNC2CC(c3cccc(Cl)c3)C2)no1. The van der Waals surface area contributed by atoms with Gasteiger partial charge in [0.2, 0.25) is 5.89 Å². The Morgan fingerprint density at radius 3 is 2.95 bits per heavy atom. The third kappa shape index (κ3) is 3.19. The molecule has 1 aromatic heterocycles. The molecule has 0 bridgehead atoms. The molecule has 1 heterocycles. The van der Waals surface area contributed by atoms with E-state index in [2.05, 4.69) is 27.6 Å². The highest BCUT2D eigenvalue weighted by atomic mass is 35.5. The lowest BCUT2D eigenvalue weighted by atomic mass is 9.76. The topological polar surface area (TPSA) is 51.0 Å². The first-order valence-electron chi connectivity index (χ1n) is 6.99. The fourth-order valence-electron chi connectivity index (χ4n) is 2.65. The van der Waals surface area contributed by atoms with Crippen LogP contribution < -0.4 is 5.32 Å². The van der Waals surface area contributed by atoms with Crippen molar-refractivity contribution in [3.63, 3.8) is 0 Å². The van der Waals surface area contributed by atoms with E-state index in [0.717, 1.165) is 23.8 Å². The van der Waals surface area contributed by atoms with Crippen LogP contribution >= 0.6 is 11.6 Å². The molecule has 4 nitrogen and oxygen atoms in total. The first-order valence-corrected chi connectivity index (χ1v) is 7.36. The summed E-state index contributed by atoms with van der Waals surface area (Å²) in [5, 5.41) is 8.25. The van der Waals surface area contributed by atoms with Gasteiger partial charge in [-0.2, -0.15) is 4.98 Å². The number of hydrogen-bond donors (Lipinski definition) is 1. The normalized spacial score (nSPS) is 21.7. The maximum Gasteiger partial charge on any atom is 0.223 e. The zero-order valence-corrected chi connectivity index (χ0v) is 12.2. The summed E-state index contributed by atoms with van der Waals surface area (Å²) in [5.74, 6) is 2.05. The maximum atomic E-state index is 6.02. The number of rotatable bonds is 5. The van der Waals surface area contributed by atoms with Crippen molar-refractivity contribution in [3.05, 3.63) is 46.6 Å². The molecule has 1 aliphatic carbocycles. The molecule has 0 amide bonds. The molecule has 0 aliphatic heterocycles. The first kappa shape index (κ1) is 13.6. The number of benzene rings is 1. The van der Waals surface area contributed by atoms with Crippen LogP contribution in [0.2, 0.25) is 5.02 Å². The van der Waals surface area contributed by atoms with E-state index in [-0.39, 0.29) is 0 Å². The Hall–Kier alpha value is -1.39. The van der Waals surface area contributed by atoms with Gasteiger partial charge in [-0.3, -0.25) is 0 Å². The number of nitrogens with one attached hydrogen (secondary N) is 1. The average Bonchev–Trinajstić information content (AvgIpc) is 2.78. The van der Waals surface area contributed by atoms with Gasteiger partial charge in [0.15, 0.2) is 5.82 Å². The predicted molar refractivity (Wildman–Crippen MR) is 78.0 cm³/mol. The predicted octanol–water partition coefficient (Wildman–Crippen LogP) is 3.11. The van der Waals surface area contributed by atoms with Crippen molar-refractivity contribution in [1.82, 2.24) is 15.5 Å². The van der Waals surface area contributed by atoms with Crippen LogP contribution in [0.4, 0.5) is 0 Å². The minimum Gasteiger partial charge on any atom is -0.340 e. The lowest BCUT2D eigenvalue weighted by molar-refractivity contribution is 0.291. The van der Waals surface area contributed by atoms with Crippen molar-refractivity contribution in [3.8, 4) is 0 Å². The molecule has 1 fully saturated rings. The van der Waals surface area contributed by atoms with E-state index in [1.165, 1.54) is 18.4 Å². The zero-order chi connectivity index (χ0) is 13.9. The van der Waals surface area contributed by atoms with Crippen molar-refractivity contribution in [1.29, 1.82) is 0 Å². The number of nitrogens with zero attached hydrogens (tertiary/aromatic N) is 2. The Morgan fingerprint density at radius 2 is 2.25 bits per heavy atom. The molecule has 0 radical (unpaired) electrons.